The molecule has 1 aromatic heterocycles. The largest absolute Gasteiger partial charge is 0.484 e. The molecular weight excluding hydrogens is 354 g/mol. The molecule has 0 aliphatic rings. The van der Waals surface area contributed by atoms with Gasteiger partial charge in [0.15, 0.2) is 17.4 Å². The first-order valence-corrected chi connectivity index (χ1v) is 7.53. The topological polar surface area (TPSA) is 108 Å². The van der Waals surface area contributed by atoms with Gasteiger partial charge in [-0.1, -0.05) is 11.6 Å². The second-order valence-corrected chi connectivity index (χ2v) is 5.48. The van der Waals surface area contributed by atoms with Gasteiger partial charge in [-0.3, -0.25) is 30.9 Å². The molecule has 1 heterocycles. The van der Waals surface area contributed by atoms with Crippen LogP contribution in [0.25, 0.3) is 0 Å². The molecule has 0 unspecified atom stereocenters. The summed E-state index contributed by atoms with van der Waals surface area (Å²) in [6.07, 6.45) is 0. The number of hydrogen-bond donors (Lipinski definition) is 4. The van der Waals surface area contributed by atoms with E-state index in [1.54, 1.807) is 37.3 Å². The molecule has 0 bridgehead atoms. The number of amides is 2. The van der Waals surface area contributed by atoms with Gasteiger partial charge in [0.25, 0.3) is 11.8 Å². The molecular formula is C14H14ClN5O3S. The van der Waals surface area contributed by atoms with Gasteiger partial charge in [-0.05, 0) is 49.5 Å². The van der Waals surface area contributed by atoms with E-state index < -0.39 is 11.8 Å². The maximum atomic E-state index is 11.7. The molecule has 0 fully saturated rings. The Bertz CT molecular complexity index is 747. The lowest BCUT2D eigenvalue weighted by molar-refractivity contribution is -0.121. The van der Waals surface area contributed by atoms with E-state index in [9.17, 15) is 9.59 Å². The number of carbonyl (C=O) groups excluding carboxylic acids is 2. The number of nitrogens with one attached hydrogen (secondary N) is 4. The van der Waals surface area contributed by atoms with Crippen LogP contribution in [0.2, 0.25) is 5.02 Å². The van der Waals surface area contributed by atoms with Crippen molar-refractivity contribution in [2.75, 3.05) is 6.61 Å². The van der Waals surface area contributed by atoms with Crippen molar-refractivity contribution in [3.63, 3.8) is 0 Å². The van der Waals surface area contributed by atoms with Gasteiger partial charge in [-0.15, -0.1) is 0 Å². The zero-order valence-corrected chi connectivity index (χ0v) is 14.1. The van der Waals surface area contributed by atoms with Gasteiger partial charge in [0.05, 0.1) is 0 Å². The number of rotatable bonds is 4. The van der Waals surface area contributed by atoms with E-state index in [0.29, 0.717) is 10.8 Å². The van der Waals surface area contributed by atoms with Gasteiger partial charge in [-0.2, -0.15) is 5.10 Å². The number of halogens is 1. The Kier molecular flexibility index (Phi) is 6.10. The third kappa shape index (κ3) is 5.52. The third-order valence-electron chi connectivity index (χ3n) is 2.66. The molecule has 1 aromatic carbocycles. The van der Waals surface area contributed by atoms with Gasteiger partial charge >= 0.3 is 0 Å². The number of thiocarbonyl (C=S) groups is 1. The predicted octanol–water partition coefficient (Wildman–Crippen LogP) is 1.09. The van der Waals surface area contributed by atoms with Crippen LogP contribution in [0, 0.1) is 6.92 Å². The fourth-order valence-electron chi connectivity index (χ4n) is 1.59. The van der Waals surface area contributed by atoms with Crippen molar-refractivity contribution in [2.45, 2.75) is 6.92 Å². The fourth-order valence-corrected chi connectivity index (χ4v) is 1.88. The van der Waals surface area contributed by atoms with E-state index in [0.717, 1.165) is 5.69 Å². The van der Waals surface area contributed by atoms with Crippen LogP contribution in [0.15, 0.2) is 30.3 Å². The highest BCUT2D eigenvalue weighted by Gasteiger charge is 2.10. The molecule has 10 heteroatoms. The summed E-state index contributed by atoms with van der Waals surface area (Å²) in [4.78, 5) is 23.4. The van der Waals surface area contributed by atoms with E-state index in [2.05, 4.69) is 26.4 Å². The molecule has 2 aromatic rings. The first-order chi connectivity index (χ1) is 11.4. The van der Waals surface area contributed by atoms with E-state index in [1.807, 2.05) is 0 Å². The van der Waals surface area contributed by atoms with Crippen LogP contribution in [0.3, 0.4) is 0 Å². The van der Waals surface area contributed by atoms with Crippen molar-refractivity contribution in [1.82, 2.24) is 26.4 Å². The number of benzene rings is 1. The molecule has 24 heavy (non-hydrogen) atoms. The van der Waals surface area contributed by atoms with Gasteiger partial charge in [-0.25, -0.2) is 0 Å². The molecule has 0 radical (unpaired) electrons. The van der Waals surface area contributed by atoms with Crippen molar-refractivity contribution >= 4 is 40.7 Å². The fraction of sp³-hybridized carbons (Fsp3) is 0.143. The number of carbonyl (C=O) groups is 2. The second kappa shape index (κ2) is 8.27. The number of nitrogens with zero attached hydrogens (tertiary/aromatic N) is 1. The van der Waals surface area contributed by atoms with Gasteiger partial charge in [0.1, 0.15) is 5.75 Å². The van der Waals surface area contributed by atoms with E-state index in [-0.39, 0.29) is 17.4 Å². The van der Waals surface area contributed by atoms with Gasteiger partial charge < -0.3 is 4.74 Å². The summed E-state index contributed by atoms with van der Waals surface area (Å²) in [5.74, 6) is -0.476. The van der Waals surface area contributed by atoms with Crippen molar-refractivity contribution in [3.8, 4) is 5.75 Å². The first-order valence-electron chi connectivity index (χ1n) is 6.74. The van der Waals surface area contributed by atoms with E-state index in [1.165, 1.54) is 0 Å². The number of hydrazine groups is 1. The standard InChI is InChI=1S/C14H14ClN5O3S/c1-8-6-11(18-17-8)13(22)19-20-14(24)16-12(21)7-23-10-4-2-9(15)3-5-10/h2-6H,7H2,1H3,(H,17,18)(H,19,22)(H2,16,20,21,24). The van der Waals surface area contributed by atoms with Crippen LogP contribution in [0.1, 0.15) is 16.2 Å². The van der Waals surface area contributed by atoms with E-state index in [4.69, 9.17) is 28.6 Å². The Morgan fingerprint density at radius 2 is 2.00 bits per heavy atom. The van der Waals surface area contributed by atoms with Crippen molar-refractivity contribution in [1.29, 1.82) is 0 Å². The third-order valence-corrected chi connectivity index (χ3v) is 3.12. The lowest BCUT2D eigenvalue weighted by Crippen LogP contribution is -2.49. The molecule has 4 N–H and O–H groups in total. The Hall–Kier alpha value is -2.65. The zero-order valence-electron chi connectivity index (χ0n) is 12.6. The van der Waals surface area contributed by atoms with Crippen molar-refractivity contribution in [3.05, 3.63) is 46.7 Å². The highest BCUT2D eigenvalue weighted by atomic mass is 35.5. The summed E-state index contributed by atoms with van der Waals surface area (Å²) in [5, 5.41) is 9.29. The maximum Gasteiger partial charge on any atom is 0.290 e. The molecule has 8 nitrogen and oxygen atoms in total. The average molecular weight is 368 g/mol. The summed E-state index contributed by atoms with van der Waals surface area (Å²) < 4.78 is 5.26. The highest BCUT2D eigenvalue weighted by Crippen LogP contribution is 2.15. The average Bonchev–Trinajstić information content (AvgIpc) is 2.98. The summed E-state index contributed by atoms with van der Waals surface area (Å²) in [5.41, 5.74) is 5.65. The number of H-pyrrole nitrogens is 1. The number of ether oxygens (including phenoxy) is 1. The van der Waals surface area contributed by atoms with Crippen molar-refractivity contribution < 1.29 is 14.3 Å². The zero-order chi connectivity index (χ0) is 17.5. The maximum absolute atomic E-state index is 11.7. The minimum absolute atomic E-state index is 0.0692. The Labute approximate surface area is 147 Å². The minimum Gasteiger partial charge on any atom is -0.484 e. The quantitative estimate of drug-likeness (QED) is 0.476. The Morgan fingerprint density at radius 3 is 2.62 bits per heavy atom. The molecule has 2 amide bonds. The number of aromatic amines is 1. The molecule has 0 saturated carbocycles. The summed E-state index contributed by atoms with van der Waals surface area (Å²) in [7, 11) is 0. The Balaban J connectivity index is 1.70. The SMILES string of the molecule is Cc1cc(C(=O)NNC(=S)NC(=O)COc2ccc(Cl)cc2)n[nH]1. The molecule has 0 atom stereocenters. The van der Waals surface area contributed by atoms with Crippen LogP contribution < -0.4 is 20.9 Å². The molecule has 2 rings (SSSR count). The molecule has 0 saturated heterocycles. The molecule has 0 spiro atoms. The van der Waals surface area contributed by atoms with Crippen LogP contribution in [-0.4, -0.2) is 33.7 Å². The summed E-state index contributed by atoms with van der Waals surface area (Å²) >= 11 is 10.6. The van der Waals surface area contributed by atoms with Crippen LogP contribution in [0.5, 0.6) is 5.75 Å². The normalized spacial score (nSPS) is 9.92. The van der Waals surface area contributed by atoms with Gasteiger partial charge in [0, 0.05) is 10.7 Å². The smallest absolute Gasteiger partial charge is 0.290 e. The molecule has 0 aliphatic heterocycles. The summed E-state index contributed by atoms with van der Waals surface area (Å²) in [6, 6.07) is 8.13. The van der Waals surface area contributed by atoms with Crippen LogP contribution in [0.4, 0.5) is 0 Å². The second-order valence-electron chi connectivity index (χ2n) is 4.64. The van der Waals surface area contributed by atoms with Crippen LogP contribution >= 0.6 is 23.8 Å². The summed E-state index contributed by atoms with van der Waals surface area (Å²) in [6.45, 7) is 1.53. The molecule has 126 valence electrons. The lowest BCUT2D eigenvalue weighted by Gasteiger charge is -2.10. The number of hydrogen-bond acceptors (Lipinski definition) is 5. The monoisotopic (exact) mass is 367 g/mol. The first kappa shape index (κ1) is 17.7. The van der Waals surface area contributed by atoms with Crippen molar-refractivity contribution in [2.24, 2.45) is 0 Å². The highest BCUT2D eigenvalue weighted by molar-refractivity contribution is 7.80. The molecule has 0 aliphatic carbocycles. The van der Waals surface area contributed by atoms with Gasteiger partial charge in [0.2, 0.25) is 0 Å². The Morgan fingerprint density at radius 1 is 1.29 bits per heavy atom. The lowest BCUT2D eigenvalue weighted by atomic mass is 10.3. The van der Waals surface area contributed by atoms with E-state index >= 15 is 0 Å². The number of aryl methyl sites for hydroxylation is 1. The minimum atomic E-state index is -0.492. The number of aromatic nitrogens is 2. The predicted molar refractivity (Wildman–Crippen MR) is 91.6 cm³/mol. The van der Waals surface area contributed by atoms with Crippen LogP contribution in [-0.2, 0) is 4.79 Å².